The first-order valence-electron chi connectivity index (χ1n) is 2.53. The van der Waals surface area contributed by atoms with Gasteiger partial charge in [0.2, 0.25) is 0 Å². The number of rotatable bonds is 2. The molecule has 1 unspecified atom stereocenters. The molecular weight excluding hydrogens is 144 g/mol. The van der Waals surface area contributed by atoms with Crippen molar-refractivity contribution in [3.05, 3.63) is 0 Å². The van der Waals surface area contributed by atoms with E-state index in [-0.39, 0.29) is 4.57 Å². The number of halogens is 1. The van der Waals surface area contributed by atoms with E-state index >= 15 is 0 Å². The van der Waals surface area contributed by atoms with Crippen LogP contribution in [0, 0.1) is 0 Å². The van der Waals surface area contributed by atoms with Crippen LogP contribution in [0.2, 0.25) is 0 Å². The van der Waals surface area contributed by atoms with Gasteiger partial charge in [-0.1, -0.05) is 25.6 Å². The lowest BCUT2D eigenvalue weighted by Gasteiger charge is -2.00. The van der Waals surface area contributed by atoms with Crippen LogP contribution >= 0.6 is 23.4 Å². The van der Waals surface area contributed by atoms with Crippen molar-refractivity contribution in [1.29, 1.82) is 0 Å². The van der Waals surface area contributed by atoms with E-state index in [1.807, 2.05) is 13.8 Å². The third-order valence-electron chi connectivity index (χ3n) is 0.869. The van der Waals surface area contributed by atoms with Gasteiger partial charge in [-0.15, -0.1) is 0 Å². The zero-order valence-electron chi connectivity index (χ0n) is 4.98. The van der Waals surface area contributed by atoms with Gasteiger partial charge in [0.1, 0.15) is 0 Å². The van der Waals surface area contributed by atoms with Crippen LogP contribution in [0.1, 0.15) is 20.3 Å². The first kappa shape index (κ1) is 8.31. The van der Waals surface area contributed by atoms with Crippen molar-refractivity contribution in [2.75, 3.05) is 0 Å². The normalized spacial score (nSPS) is 13.4. The summed E-state index contributed by atoms with van der Waals surface area (Å²) < 4.78 is -0.306. The van der Waals surface area contributed by atoms with Gasteiger partial charge in [0.15, 0.2) is 0 Å². The second-order valence-corrected chi connectivity index (χ2v) is 3.55. The SMILES string of the molecule is CCC(C)SC(=O)Cl. The highest BCUT2D eigenvalue weighted by Gasteiger charge is 2.02. The van der Waals surface area contributed by atoms with E-state index in [9.17, 15) is 4.79 Å². The molecule has 3 heteroatoms. The van der Waals surface area contributed by atoms with E-state index in [0.29, 0.717) is 5.25 Å². The van der Waals surface area contributed by atoms with Crippen molar-refractivity contribution in [2.24, 2.45) is 0 Å². The van der Waals surface area contributed by atoms with Crippen LogP contribution in [-0.4, -0.2) is 9.82 Å². The van der Waals surface area contributed by atoms with Gasteiger partial charge in [-0.05, 0) is 18.0 Å². The largest absolute Gasteiger partial charge is 0.279 e. The number of thioether (sulfide) groups is 1. The average Bonchev–Trinajstić information content (AvgIpc) is 1.65. The summed E-state index contributed by atoms with van der Waals surface area (Å²) in [4.78, 5) is 10.1. The lowest BCUT2D eigenvalue weighted by molar-refractivity contribution is 0.275. The minimum absolute atomic E-state index is 0.306. The first-order valence-corrected chi connectivity index (χ1v) is 3.78. The van der Waals surface area contributed by atoms with Crippen LogP contribution < -0.4 is 0 Å². The van der Waals surface area contributed by atoms with Crippen LogP contribution in [-0.2, 0) is 0 Å². The van der Waals surface area contributed by atoms with E-state index in [1.54, 1.807) is 0 Å². The second kappa shape index (κ2) is 4.21. The molecule has 0 N–H and O–H groups in total. The third-order valence-corrected chi connectivity index (χ3v) is 2.06. The molecule has 0 aromatic rings. The second-order valence-electron chi connectivity index (χ2n) is 1.57. The molecule has 0 saturated heterocycles. The van der Waals surface area contributed by atoms with Crippen LogP contribution in [0.5, 0.6) is 0 Å². The number of hydrogen-bond donors (Lipinski definition) is 0. The third kappa shape index (κ3) is 4.47. The van der Waals surface area contributed by atoms with Gasteiger partial charge < -0.3 is 0 Å². The zero-order valence-corrected chi connectivity index (χ0v) is 6.55. The minimum atomic E-state index is -0.306. The Labute approximate surface area is 58.8 Å². The molecule has 0 rings (SSSR count). The minimum Gasteiger partial charge on any atom is -0.268 e. The quantitative estimate of drug-likeness (QED) is 0.566. The molecule has 0 saturated carbocycles. The van der Waals surface area contributed by atoms with Crippen LogP contribution in [0.4, 0.5) is 4.79 Å². The van der Waals surface area contributed by atoms with Crippen molar-refractivity contribution in [2.45, 2.75) is 25.5 Å². The summed E-state index contributed by atoms with van der Waals surface area (Å²) in [6, 6.07) is 0. The average molecular weight is 153 g/mol. The Hall–Kier alpha value is 0.310. The summed E-state index contributed by atoms with van der Waals surface area (Å²) in [5.41, 5.74) is 0. The van der Waals surface area contributed by atoms with Crippen LogP contribution in [0.25, 0.3) is 0 Å². The van der Waals surface area contributed by atoms with Crippen molar-refractivity contribution in [3.63, 3.8) is 0 Å². The Balaban J connectivity index is 3.24. The topological polar surface area (TPSA) is 17.1 Å². The van der Waals surface area contributed by atoms with Crippen molar-refractivity contribution in [1.82, 2.24) is 0 Å². The Morgan fingerprint density at radius 2 is 2.38 bits per heavy atom. The Kier molecular flexibility index (Phi) is 4.38. The molecule has 0 radical (unpaired) electrons. The van der Waals surface area contributed by atoms with Crippen molar-refractivity contribution < 1.29 is 4.79 Å². The van der Waals surface area contributed by atoms with Gasteiger partial charge in [-0.25, -0.2) is 0 Å². The molecule has 0 heterocycles. The van der Waals surface area contributed by atoms with E-state index in [4.69, 9.17) is 11.6 Å². The highest BCUT2D eigenvalue weighted by Crippen LogP contribution is 2.16. The Bertz CT molecular complexity index is 84.5. The number of carbonyl (C=O) groups is 1. The fourth-order valence-electron chi connectivity index (χ4n) is 0.242. The standard InChI is InChI=1S/C5H9ClOS/c1-3-4(2)8-5(6)7/h4H,3H2,1-2H3. The van der Waals surface area contributed by atoms with Crippen LogP contribution in [0.3, 0.4) is 0 Å². The number of hydrogen-bond acceptors (Lipinski definition) is 2. The maximum Gasteiger partial charge on any atom is 0.279 e. The summed E-state index contributed by atoms with van der Waals surface area (Å²) in [6.07, 6.45) is 0.989. The smallest absolute Gasteiger partial charge is 0.268 e. The highest BCUT2D eigenvalue weighted by molar-refractivity contribution is 8.16. The molecule has 0 aliphatic rings. The van der Waals surface area contributed by atoms with Gasteiger partial charge in [0.05, 0.1) is 0 Å². The lowest BCUT2D eigenvalue weighted by Crippen LogP contribution is -1.93. The van der Waals surface area contributed by atoms with Gasteiger partial charge in [-0.3, -0.25) is 4.79 Å². The molecule has 0 aromatic carbocycles. The maximum atomic E-state index is 10.1. The van der Waals surface area contributed by atoms with Crippen molar-refractivity contribution >= 4 is 27.9 Å². The van der Waals surface area contributed by atoms with Gasteiger partial charge >= 0.3 is 0 Å². The molecule has 48 valence electrons. The molecular formula is C5H9ClOS. The molecule has 0 amide bonds. The molecule has 0 fully saturated rings. The molecule has 0 aromatic heterocycles. The van der Waals surface area contributed by atoms with E-state index in [0.717, 1.165) is 6.42 Å². The zero-order chi connectivity index (χ0) is 6.57. The molecule has 8 heavy (non-hydrogen) atoms. The molecule has 0 aliphatic heterocycles. The molecule has 0 spiro atoms. The highest BCUT2D eigenvalue weighted by atomic mass is 35.5. The Morgan fingerprint density at radius 3 is 2.50 bits per heavy atom. The predicted molar refractivity (Wildman–Crippen MR) is 38.6 cm³/mol. The summed E-state index contributed by atoms with van der Waals surface area (Å²) in [7, 11) is 0. The van der Waals surface area contributed by atoms with Crippen LogP contribution in [0.15, 0.2) is 0 Å². The van der Waals surface area contributed by atoms with Gasteiger partial charge in [0.25, 0.3) is 4.57 Å². The summed E-state index contributed by atoms with van der Waals surface area (Å²) in [5.74, 6) is 0. The molecule has 1 atom stereocenters. The van der Waals surface area contributed by atoms with E-state index in [2.05, 4.69) is 0 Å². The van der Waals surface area contributed by atoms with E-state index in [1.165, 1.54) is 11.8 Å². The summed E-state index contributed by atoms with van der Waals surface area (Å²) in [6.45, 7) is 4.00. The summed E-state index contributed by atoms with van der Waals surface area (Å²) in [5, 5.41) is 0.361. The molecule has 0 bridgehead atoms. The first-order chi connectivity index (χ1) is 3.66. The molecule has 1 nitrogen and oxygen atoms in total. The van der Waals surface area contributed by atoms with Gasteiger partial charge in [-0.2, -0.15) is 0 Å². The Morgan fingerprint density at radius 1 is 1.88 bits per heavy atom. The van der Waals surface area contributed by atoms with Gasteiger partial charge in [0, 0.05) is 5.25 Å². The fraction of sp³-hybridized carbons (Fsp3) is 0.800. The molecule has 0 aliphatic carbocycles. The fourth-order valence-corrected chi connectivity index (χ4v) is 1.18. The van der Waals surface area contributed by atoms with E-state index < -0.39 is 0 Å². The summed E-state index contributed by atoms with van der Waals surface area (Å²) >= 11 is 6.26. The number of carbonyl (C=O) groups excluding carboxylic acids is 1. The monoisotopic (exact) mass is 152 g/mol. The lowest BCUT2D eigenvalue weighted by atomic mass is 10.4. The van der Waals surface area contributed by atoms with Crippen molar-refractivity contribution in [3.8, 4) is 0 Å². The maximum absolute atomic E-state index is 10.1. The predicted octanol–water partition coefficient (Wildman–Crippen LogP) is 2.88.